The first-order valence-electron chi connectivity index (χ1n) is 4.19. The zero-order valence-electron chi connectivity index (χ0n) is 7.81. The number of anilines is 1. The van der Waals surface area contributed by atoms with Gasteiger partial charge in [-0.15, -0.1) is 0 Å². The van der Waals surface area contributed by atoms with E-state index in [1.54, 1.807) is 12.1 Å². The Morgan fingerprint density at radius 2 is 2.15 bits per heavy atom. The molecule has 0 aliphatic carbocycles. The van der Waals surface area contributed by atoms with Crippen LogP contribution in [0.5, 0.6) is 0 Å². The van der Waals surface area contributed by atoms with Crippen LogP contribution in [0.15, 0.2) is 18.2 Å². The number of hydrogen-bond donors (Lipinski definition) is 2. The molecule has 0 unspecified atom stereocenters. The van der Waals surface area contributed by atoms with E-state index in [0.717, 1.165) is 12.4 Å². The van der Waals surface area contributed by atoms with Gasteiger partial charge in [0.2, 0.25) is 0 Å². The summed E-state index contributed by atoms with van der Waals surface area (Å²) in [5.41, 5.74) is 0.276. The summed E-state index contributed by atoms with van der Waals surface area (Å²) in [6, 6.07) is 5.16. The van der Waals surface area contributed by atoms with Crippen molar-refractivity contribution in [2.75, 3.05) is 18.5 Å². The minimum Gasteiger partial charge on any atom is -0.422 e. The molecular weight excluding hydrogens is 167 g/mol. The average molecular weight is 180 g/mol. The zero-order chi connectivity index (χ0) is 9.84. The molecular formula is C8H13BN2O2. The van der Waals surface area contributed by atoms with E-state index in [4.69, 9.17) is 10.0 Å². The Hall–Kier alpha value is -1.07. The second-order valence-electron chi connectivity index (χ2n) is 2.81. The lowest BCUT2D eigenvalue weighted by atomic mass is 9.86. The van der Waals surface area contributed by atoms with Crippen LogP contribution in [0.25, 0.3) is 0 Å². The Morgan fingerprint density at radius 3 is 2.69 bits per heavy atom. The summed E-state index contributed by atoms with van der Waals surface area (Å²) in [7, 11) is 0.403. The molecule has 1 heterocycles. The van der Waals surface area contributed by atoms with Crippen LogP contribution >= 0.6 is 0 Å². The topological polar surface area (TPSA) is 56.6 Å². The highest BCUT2D eigenvalue weighted by Gasteiger charge is 2.13. The molecule has 0 fully saturated rings. The fourth-order valence-corrected chi connectivity index (χ4v) is 0.958. The van der Waals surface area contributed by atoms with Gasteiger partial charge in [-0.2, -0.15) is 0 Å². The van der Waals surface area contributed by atoms with Gasteiger partial charge in [0.1, 0.15) is 5.82 Å². The summed E-state index contributed by atoms with van der Waals surface area (Å²) >= 11 is 0. The van der Waals surface area contributed by atoms with E-state index in [2.05, 4.69) is 4.98 Å². The van der Waals surface area contributed by atoms with Crippen molar-refractivity contribution in [3.63, 3.8) is 0 Å². The smallest absolute Gasteiger partial charge is 0.422 e. The predicted molar refractivity (Wildman–Crippen MR) is 53.0 cm³/mol. The molecule has 0 aliphatic rings. The van der Waals surface area contributed by atoms with Gasteiger partial charge in [-0.3, -0.25) is 0 Å². The van der Waals surface area contributed by atoms with Crippen molar-refractivity contribution < 1.29 is 10.0 Å². The molecule has 0 bridgehead atoms. The van der Waals surface area contributed by atoms with Crippen LogP contribution < -0.4 is 10.5 Å². The van der Waals surface area contributed by atoms with E-state index >= 15 is 0 Å². The Morgan fingerprint density at radius 1 is 1.46 bits per heavy atom. The van der Waals surface area contributed by atoms with E-state index in [1.807, 2.05) is 24.9 Å². The average Bonchev–Trinajstić information content (AvgIpc) is 2.17. The van der Waals surface area contributed by atoms with Crippen molar-refractivity contribution in [1.29, 1.82) is 0 Å². The van der Waals surface area contributed by atoms with Gasteiger partial charge in [0.25, 0.3) is 0 Å². The maximum atomic E-state index is 8.88. The van der Waals surface area contributed by atoms with Gasteiger partial charge >= 0.3 is 7.12 Å². The molecule has 4 nitrogen and oxygen atoms in total. The van der Waals surface area contributed by atoms with E-state index in [0.29, 0.717) is 0 Å². The summed E-state index contributed by atoms with van der Waals surface area (Å²) in [4.78, 5) is 5.99. The minimum atomic E-state index is -1.50. The molecule has 0 atom stereocenters. The fourth-order valence-electron chi connectivity index (χ4n) is 0.958. The maximum absolute atomic E-state index is 8.88. The van der Waals surface area contributed by atoms with Crippen LogP contribution in [0.2, 0.25) is 0 Å². The fraction of sp³-hybridized carbons (Fsp3) is 0.375. The molecule has 0 radical (unpaired) electrons. The van der Waals surface area contributed by atoms with Crippen LogP contribution in [-0.4, -0.2) is 35.7 Å². The van der Waals surface area contributed by atoms with Crippen LogP contribution in [0, 0.1) is 0 Å². The van der Waals surface area contributed by atoms with Gasteiger partial charge in [0.15, 0.2) is 0 Å². The number of hydrogen-bond acceptors (Lipinski definition) is 4. The van der Waals surface area contributed by atoms with Crippen molar-refractivity contribution in [1.82, 2.24) is 4.98 Å². The molecule has 0 saturated carbocycles. The summed E-state index contributed by atoms with van der Waals surface area (Å²) in [6.07, 6.45) is 0. The van der Waals surface area contributed by atoms with E-state index in [1.165, 1.54) is 0 Å². The van der Waals surface area contributed by atoms with Crippen molar-refractivity contribution in [2.24, 2.45) is 0 Å². The largest absolute Gasteiger partial charge is 0.508 e. The van der Waals surface area contributed by atoms with Gasteiger partial charge in [0, 0.05) is 13.6 Å². The SMILES string of the molecule is CCN(C)c1cccc(B(O)O)n1. The van der Waals surface area contributed by atoms with Crippen LogP contribution in [-0.2, 0) is 0 Å². The molecule has 5 heteroatoms. The highest BCUT2D eigenvalue weighted by Crippen LogP contribution is 2.04. The van der Waals surface area contributed by atoms with Gasteiger partial charge in [-0.1, -0.05) is 6.07 Å². The minimum absolute atomic E-state index is 0.276. The van der Waals surface area contributed by atoms with Crippen LogP contribution in [0.3, 0.4) is 0 Å². The molecule has 0 amide bonds. The predicted octanol–water partition coefficient (Wildman–Crippen LogP) is -0.783. The Kier molecular flexibility index (Phi) is 3.28. The molecule has 1 aromatic heterocycles. The lowest BCUT2D eigenvalue weighted by Crippen LogP contribution is -2.34. The van der Waals surface area contributed by atoms with Crippen LogP contribution in [0.1, 0.15) is 6.92 Å². The zero-order valence-corrected chi connectivity index (χ0v) is 7.81. The van der Waals surface area contributed by atoms with Crippen molar-refractivity contribution in [2.45, 2.75) is 6.92 Å². The Balaban J connectivity index is 2.91. The summed E-state index contributed by atoms with van der Waals surface area (Å²) in [6.45, 7) is 2.84. The first-order valence-corrected chi connectivity index (χ1v) is 4.19. The van der Waals surface area contributed by atoms with Crippen molar-refractivity contribution in [3.8, 4) is 0 Å². The second kappa shape index (κ2) is 4.25. The molecule has 0 spiro atoms. The second-order valence-corrected chi connectivity index (χ2v) is 2.81. The number of pyridine rings is 1. The lowest BCUT2D eigenvalue weighted by molar-refractivity contribution is 0.424. The Labute approximate surface area is 78.0 Å². The molecule has 0 aliphatic heterocycles. The third kappa shape index (κ3) is 2.43. The summed E-state index contributed by atoms with van der Waals surface area (Å²) in [5, 5.41) is 17.8. The van der Waals surface area contributed by atoms with E-state index in [-0.39, 0.29) is 5.59 Å². The third-order valence-corrected chi connectivity index (χ3v) is 1.89. The Bertz CT molecular complexity index is 281. The van der Waals surface area contributed by atoms with E-state index < -0.39 is 7.12 Å². The van der Waals surface area contributed by atoms with Crippen molar-refractivity contribution in [3.05, 3.63) is 18.2 Å². The normalized spacial score (nSPS) is 9.85. The summed E-state index contributed by atoms with van der Waals surface area (Å²) < 4.78 is 0. The molecule has 2 N–H and O–H groups in total. The first kappa shape index (κ1) is 10.0. The molecule has 0 saturated heterocycles. The van der Waals surface area contributed by atoms with Gasteiger partial charge < -0.3 is 14.9 Å². The molecule has 70 valence electrons. The van der Waals surface area contributed by atoms with E-state index in [9.17, 15) is 0 Å². The summed E-state index contributed by atoms with van der Waals surface area (Å²) in [5.74, 6) is 0.744. The number of aromatic nitrogens is 1. The molecule has 1 aromatic rings. The monoisotopic (exact) mass is 180 g/mol. The highest BCUT2D eigenvalue weighted by atomic mass is 16.4. The lowest BCUT2D eigenvalue weighted by Gasteiger charge is -2.15. The molecule has 0 aromatic carbocycles. The third-order valence-electron chi connectivity index (χ3n) is 1.89. The molecule has 13 heavy (non-hydrogen) atoms. The quantitative estimate of drug-likeness (QED) is 0.599. The standard InChI is InChI=1S/C8H13BN2O2/c1-3-11(2)8-6-4-5-7(10-8)9(12)13/h4-6,12-13H,3H2,1-2H3. The highest BCUT2D eigenvalue weighted by molar-refractivity contribution is 6.57. The van der Waals surface area contributed by atoms with Crippen LogP contribution in [0.4, 0.5) is 5.82 Å². The number of rotatable bonds is 3. The maximum Gasteiger partial charge on any atom is 0.508 e. The van der Waals surface area contributed by atoms with Gasteiger partial charge in [0.05, 0.1) is 5.59 Å². The van der Waals surface area contributed by atoms with Gasteiger partial charge in [-0.25, -0.2) is 4.98 Å². The number of nitrogens with zero attached hydrogens (tertiary/aromatic N) is 2. The molecule has 1 rings (SSSR count). The first-order chi connectivity index (χ1) is 6.15. The van der Waals surface area contributed by atoms with Crippen molar-refractivity contribution >= 4 is 18.5 Å². The van der Waals surface area contributed by atoms with Gasteiger partial charge in [-0.05, 0) is 19.1 Å².